The van der Waals surface area contributed by atoms with E-state index in [-0.39, 0.29) is 5.88 Å². The Balaban J connectivity index is 2.96. The highest BCUT2D eigenvalue weighted by atomic mass is 16.3. The number of fused-ring (bicyclic) bond motifs is 1. The van der Waals surface area contributed by atoms with Crippen molar-refractivity contribution in [1.29, 1.82) is 0 Å². The minimum atomic E-state index is 0.176. The van der Waals surface area contributed by atoms with Gasteiger partial charge in [0.25, 0.3) is 0 Å². The molecule has 0 bridgehead atoms. The topological polar surface area (TPSA) is 50.4 Å². The molecule has 2 heterocycles. The summed E-state index contributed by atoms with van der Waals surface area (Å²) in [5.74, 6) is 0.176. The fourth-order valence-corrected chi connectivity index (χ4v) is 1.28. The van der Waals surface area contributed by atoms with Crippen LogP contribution in [0.15, 0.2) is 6.20 Å². The first-order valence-corrected chi connectivity index (χ1v) is 4.11. The third-order valence-electron chi connectivity index (χ3n) is 2.27. The van der Waals surface area contributed by atoms with Gasteiger partial charge in [-0.3, -0.25) is 0 Å². The average molecular weight is 173 g/mol. The van der Waals surface area contributed by atoms with Crippen LogP contribution in [0.5, 0.6) is 5.88 Å². The van der Waals surface area contributed by atoms with Crippen LogP contribution in [0.1, 0.15) is 5.69 Å². The monoisotopic (exact) mass is 173 g/mol. The van der Waals surface area contributed by atoms with Gasteiger partial charge in [0.15, 0.2) is 5.65 Å². The normalized spacial score (nSPS) is 10.8. The maximum atomic E-state index is 9.71. The molecule has 0 fully saturated rings. The second-order valence-electron chi connectivity index (χ2n) is 3.21. The number of aryl methyl sites for hydroxylation is 1. The first kappa shape index (κ1) is 8.16. The largest absolute Gasteiger partial charge is 0.494 e. The molecule has 0 amide bonds. The van der Waals surface area contributed by atoms with Crippen molar-refractivity contribution in [2.24, 2.45) is 0 Å². The van der Waals surface area contributed by atoms with Crippen LogP contribution >= 0.6 is 0 Å². The summed E-state index contributed by atoms with van der Waals surface area (Å²) in [6.45, 7) is 1.88. The van der Waals surface area contributed by atoms with E-state index in [4.69, 9.17) is 0 Å². The lowest BCUT2D eigenvalue weighted by atomic mass is 9.95. The molecule has 1 N–H and O–H groups in total. The molecule has 0 aliphatic carbocycles. The zero-order chi connectivity index (χ0) is 9.59. The van der Waals surface area contributed by atoms with Crippen molar-refractivity contribution in [3.8, 4) is 5.88 Å². The van der Waals surface area contributed by atoms with E-state index in [0.29, 0.717) is 0 Å². The number of rotatable bonds is 0. The van der Waals surface area contributed by atoms with E-state index in [0.717, 1.165) is 22.3 Å². The summed E-state index contributed by atoms with van der Waals surface area (Å²) in [4.78, 5) is 4.34. The van der Waals surface area contributed by atoms with Crippen LogP contribution in [-0.2, 0) is 0 Å². The molecular formula is C7H9B2N3O. The first-order chi connectivity index (χ1) is 6.11. The Bertz CT molecular complexity index is 480. The zero-order valence-electron chi connectivity index (χ0n) is 7.87. The fraction of sp³-hybridized carbons (Fsp3) is 0.143. The Morgan fingerprint density at radius 2 is 2.15 bits per heavy atom. The lowest BCUT2D eigenvalue weighted by molar-refractivity contribution is 0.439. The molecule has 0 aliphatic rings. The van der Waals surface area contributed by atoms with Gasteiger partial charge in [-0.25, -0.2) is 4.98 Å². The highest BCUT2D eigenvalue weighted by molar-refractivity contribution is 6.37. The molecule has 2 aromatic heterocycles. The lowest BCUT2D eigenvalue weighted by Crippen LogP contribution is -2.16. The summed E-state index contributed by atoms with van der Waals surface area (Å²) in [7, 11) is 3.75. The van der Waals surface area contributed by atoms with Crippen molar-refractivity contribution in [3.05, 3.63) is 11.9 Å². The van der Waals surface area contributed by atoms with Crippen molar-refractivity contribution >= 4 is 32.3 Å². The van der Waals surface area contributed by atoms with Gasteiger partial charge in [0, 0.05) is 11.9 Å². The lowest BCUT2D eigenvalue weighted by Gasteiger charge is -2.04. The Hall–Kier alpha value is -1.45. The Labute approximate surface area is 77.4 Å². The Kier molecular flexibility index (Phi) is 1.58. The maximum absolute atomic E-state index is 9.71. The minimum Gasteiger partial charge on any atom is -0.494 e. The van der Waals surface area contributed by atoms with E-state index in [1.165, 1.54) is 4.52 Å². The van der Waals surface area contributed by atoms with E-state index in [1.54, 1.807) is 6.20 Å². The number of hydrogen-bond donors (Lipinski definition) is 1. The van der Waals surface area contributed by atoms with Crippen molar-refractivity contribution in [3.63, 3.8) is 0 Å². The Morgan fingerprint density at radius 1 is 1.46 bits per heavy atom. The molecule has 0 radical (unpaired) electrons. The average Bonchev–Trinajstić information content (AvgIpc) is 2.45. The number of aromatic hydroxyl groups is 1. The van der Waals surface area contributed by atoms with E-state index < -0.39 is 0 Å². The number of hydrogen-bond acceptors (Lipinski definition) is 3. The summed E-state index contributed by atoms with van der Waals surface area (Å²) >= 11 is 0. The van der Waals surface area contributed by atoms with Gasteiger partial charge in [0.1, 0.15) is 15.7 Å². The highest BCUT2D eigenvalue weighted by Crippen LogP contribution is 2.06. The predicted octanol–water partition coefficient (Wildman–Crippen LogP) is -2.74. The summed E-state index contributed by atoms with van der Waals surface area (Å²) in [6, 6.07) is 0. The molecular weight excluding hydrogens is 164 g/mol. The summed E-state index contributed by atoms with van der Waals surface area (Å²) in [5, 5.41) is 13.7. The van der Waals surface area contributed by atoms with Gasteiger partial charge in [-0.05, 0) is 17.8 Å². The summed E-state index contributed by atoms with van der Waals surface area (Å²) in [5.41, 5.74) is 3.31. The van der Waals surface area contributed by atoms with E-state index in [1.807, 2.05) is 22.6 Å². The van der Waals surface area contributed by atoms with Gasteiger partial charge >= 0.3 is 0 Å². The number of nitrogens with zero attached hydrogens (tertiary/aromatic N) is 3. The van der Waals surface area contributed by atoms with Gasteiger partial charge in [-0.2, -0.15) is 9.61 Å². The van der Waals surface area contributed by atoms with Crippen LogP contribution in [0, 0.1) is 6.92 Å². The molecule has 0 aromatic carbocycles. The van der Waals surface area contributed by atoms with Crippen molar-refractivity contribution < 1.29 is 5.11 Å². The van der Waals surface area contributed by atoms with Crippen LogP contribution < -0.4 is 10.9 Å². The molecule has 0 saturated heterocycles. The maximum Gasteiger partial charge on any atom is 0.209 e. The van der Waals surface area contributed by atoms with Crippen LogP contribution in [-0.4, -0.2) is 35.4 Å². The predicted molar refractivity (Wildman–Crippen MR) is 55.7 cm³/mol. The molecule has 4 nitrogen and oxygen atoms in total. The van der Waals surface area contributed by atoms with E-state index in [2.05, 4.69) is 10.1 Å². The van der Waals surface area contributed by atoms with Gasteiger partial charge in [-0.15, -0.1) is 0 Å². The van der Waals surface area contributed by atoms with Gasteiger partial charge in [-0.1, -0.05) is 0 Å². The van der Waals surface area contributed by atoms with Crippen LogP contribution in [0.2, 0.25) is 0 Å². The molecule has 0 spiro atoms. The fourth-order valence-electron chi connectivity index (χ4n) is 1.28. The summed E-state index contributed by atoms with van der Waals surface area (Å²) < 4.78 is 1.46. The van der Waals surface area contributed by atoms with E-state index >= 15 is 0 Å². The molecule has 6 heteroatoms. The minimum absolute atomic E-state index is 0.176. The highest BCUT2D eigenvalue weighted by Gasteiger charge is 2.09. The standard InChI is InChI=1S/C7H9B2N3O/c1-3-5(9)7(13)12-6(11-3)4(8)2-10-12/h2,13H,8-9H2,1H3. The Morgan fingerprint density at radius 3 is 2.85 bits per heavy atom. The van der Waals surface area contributed by atoms with Crippen LogP contribution in [0.3, 0.4) is 0 Å². The smallest absolute Gasteiger partial charge is 0.209 e. The third kappa shape index (κ3) is 1.02. The quantitative estimate of drug-likeness (QED) is 0.439. The summed E-state index contributed by atoms with van der Waals surface area (Å²) in [6.07, 6.45) is 1.70. The van der Waals surface area contributed by atoms with Crippen LogP contribution in [0.25, 0.3) is 5.65 Å². The molecule has 2 aromatic rings. The molecule has 0 atom stereocenters. The third-order valence-corrected chi connectivity index (χ3v) is 2.27. The van der Waals surface area contributed by atoms with Crippen molar-refractivity contribution in [2.45, 2.75) is 6.92 Å². The molecule has 0 unspecified atom stereocenters. The molecule has 2 rings (SSSR count). The molecule has 0 aliphatic heterocycles. The molecule has 0 saturated carbocycles. The van der Waals surface area contributed by atoms with Crippen molar-refractivity contribution in [2.75, 3.05) is 0 Å². The van der Waals surface area contributed by atoms with Crippen LogP contribution in [0.4, 0.5) is 0 Å². The molecule has 13 heavy (non-hydrogen) atoms. The van der Waals surface area contributed by atoms with Crippen molar-refractivity contribution in [1.82, 2.24) is 14.6 Å². The van der Waals surface area contributed by atoms with Gasteiger partial charge < -0.3 is 5.11 Å². The zero-order valence-corrected chi connectivity index (χ0v) is 7.87. The van der Waals surface area contributed by atoms with E-state index in [9.17, 15) is 5.11 Å². The van der Waals surface area contributed by atoms with Gasteiger partial charge in [0.2, 0.25) is 5.88 Å². The SMILES string of the molecule is Bc1c(C)nc2c(B)cnn2c1O. The second-order valence-corrected chi connectivity index (χ2v) is 3.21. The molecule has 64 valence electrons. The second kappa shape index (κ2) is 2.52. The number of aromatic nitrogens is 3. The van der Waals surface area contributed by atoms with Gasteiger partial charge in [0.05, 0.1) is 0 Å². The first-order valence-electron chi connectivity index (χ1n) is 4.11.